The number of carbonyl (C=O) groups excluding carboxylic acids is 5. The summed E-state index contributed by atoms with van der Waals surface area (Å²) in [5, 5.41) is 31.8. The molecule has 0 saturated carbocycles. The monoisotopic (exact) mass is 1150 g/mol. The summed E-state index contributed by atoms with van der Waals surface area (Å²) in [5.41, 5.74) is 14.6. The normalized spacial score (nSPS) is 23.2. The first kappa shape index (κ1) is 58.1. The van der Waals surface area contributed by atoms with Gasteiger partial charge in [0, 0.05) is 80.7 Å². The summed E-state index contributed by atoms with van der Waals surface area (Å²) >= 11 is 7.87. The van der Waals surface area contributed by atoms with Gasteiger partial charge in [-0.05, 0) is 109 Å². The minimum atomic E-state index is -0.965. The molecule has 20 heteroatoms. The molecule has 5 amide bonds. The highest BCUT2D eigenvalue weighted by molar-refractivity contribution is 7.13. The lowest BCUT2D eigenvalue weighted by atomic mass is 9.71. The van der Waals surface area contributed by atoms with Crippen LogP contribution in [0.3, 0.4) is 0 Å². The van der Waals surface area contributed by atoms with E-state index in [2.05, 4.69) is 56.7 Å². The number of carbonyl (C=O) groups is 5. The van der Waals surface area contributed by atoms with Crippen molar-refractivity contribution < 1.29 is 43.7 Å². The molecule has 6 aliphatic rings. The maximum Gasteiger partial charge on any atom is 0.248 e. The Labute approximate surface area is 483 Å². The number of primary amides is 1. The maximum absolute atomic E-state index is 14.4. The van der Waals surface area contributed by atoms with E-state index in [0.717, 1.165) is 54.0 Å². The Hall–Kier alpha value is -6.09. The Morgan fingerprint density at radius 1 is 0.963 bits per heavy atom. The minimum absolute atomic E-state index is 0.0336. The number of hydrogen-bond donors (Lipinski definition) is 6. The first-order chi connectivity index (χ1) is 38.7. The standard InChI is InChI=1S/C61H78ClN9O9S/c1-60(2,3)55(59(78)70-31-42(73)28-51(70)66-57(77)45(32-72)37-13-17-44-49(26-37)80-34-47-54(44)81-35-65-47)67-52(74)9-7-6-8-10-53(75)68-21-23-69(24-22-68)58-46(25-39-29-61(4,5)20-19-43(39)36-11-15-40(62)16-12-36)64-30-41-33-79-50-27-38(56(63)76)14-18-48(50)71(41)58/h11-18,26-27,35,41-42,45-46,51,55,58,64,72-73H,6-10,19-25,28-34H2,1-5H3,(H2,63,76)(H,66,77)(H,67,74)/t41?,42-,45?,46?,51+,55-,58?/m1/s1. The van der Waals surface area contributed by atoms with Crippen molar-refractivity contribution in [2.45, 2.75) is 148 Å². The number of thiazole rings is 1. The van der Waals surface area contributed by atoms with Gasteiger partial charge in [0.25, 0.3) is 0 Å². The van der Waals surface area contributed by atoms with Gasteiger partial charge in [-0.25, -0.2) is 4.98 Å². The van der Waals surface area contributed by atoms with Crippen molar-refractivity contribution in [3.8, 4) is 21.9 Å². The van der Waals surface area contributed by atoms with Crippen molar-refractivity contribution in [2.24, 2.45) is 16.6 Å². The summed E-state index contributed by atoms with van der Waals surface area (Å²) in [6.45, 7) is 13.7. The van der Waals surface area contributed by atoms with Gasteiger partial charge >= 0.3 is 0 Å². The fourth-order valence-electron chi connectivity index (χ4n) is 12.8. The van der Waals surface area contributed by atoms with Gasteiger partial charge in [0.15, 0.2) is 0 Å². The van der Waals surface area contributed by atoms with Crippen LogP contribution in [0.2, 0.25) is 5.02 Å². The Morgan fingerprint density at radius 3 is 2.47 bits per heavy atom. The number of aliphatic hydroxyl groups is 2. The number of amides is 5. The average Bonchev–Trinajstić information content (AvgIpc) is 4.17. The Balaban J connectivity index is 0.733. The lowest BCUT2D eigenvalue weighted by molar-refractivity contribution is -0.142. The van der Waals surface area contributed by atoms with Crippen LogP contribution in [0.1, 0.15) is 132 Å². The second kappa shape index (κ2) is 24.4. The number of nitrogens with zero attached hydrogens (tertiary/aromatic N) is 5. The third-order valence-corrected chi connectivity index (χ3v) is 18.4. The van der Waals surface area contributed by atoms with Gasteiger partial charge in [0.05, 0.1) is 52.6 Å². The van der Waals surface area contributed by atoms with Gasteiger partial charge in [0.1, 0.15) is 36.9 Å². The Bertz CT molecular complexity index is 3030. The number of unbranched alkanes of at least 4 members (excludes halogenated alkanes) is 2. The third kappa shape index (κ3) is 12.9. The number of halogens is 1. The quantitative estimate of drug-likeness (QED) is 0.0598. The molecule has 18 nitrogen and oxygen atoms in total. The summed E-state index contributed by atoms with van der Waals surface area (Å²) in [4.78, 5) is 81.6. The number of likely N-dealkylation sites (tertiary alicyclic amines) is 1. The molecule has 4 unspecified atom stereocenters. The number of aliphatic hydroxyl groups excluding tert-OH is 2. The molecule has 5 aliphatic heterocycles. The topological polar surface area (TPSA) is 232 Å². The molecule has 0 radical (unpaired) electrons. The van der Waals surface area contributed by atoms with Gasteiger partial charge in [-0.15, -0.1) is 11.3 Å². The molecule has 81 heavy (non-hydrogen) atoms. The fraction of sp³-hybridized carbons (Fsp3) is 0.541. The highest BCUT2D eigenvalue weighted by Gasteiger charge is 2.47. The van der Waals surface area contributed by atoms with Crippen LogP contribution < -0.4 is 36.1 Å². The van der Waals surface area contributed by atoms with Crippen molar-refractivity contribution in [1.29, 1.82) is 0 Å². The van der Waals surface area contributed by atoms with Crippen LogP contribution in [0.15, 0.2) is 71.7 Å². The van der Waals surface area contributed by atoms with Crippen LogP contribution in [-0.4, -0.2) is 148 Å². The fourth-order valence-corrected chi connectivity index (χ4v) is 13.8. The largest absolute Gasteiger partial charge is 0.489 e. The molecule has 3 aromatic carbocycles. The predicted octanol–water partition coefficient (Wildman–Crippen LogP) is 6.81. The van der Waals surface area contributed by atoms with E-state index >= 15 is 0 Å². The van der Waals surface area contributed by atoms with E-state index in [1.54, 1.807) is 29.8 Å². The molecule has 1 aromatic heterocycles. The summed E-state index contributed by atoms with van der Waals surface area (Å²) in [6.07, 6.45) is 4.43. The zero-order valence-electron chi connectivity index (χ0n) is 47.2. The second-order valence-electron chi connectivity index (χ2n) is 24.6. The number of β-amino-alcohol motifs (C(OH)–C–C–N with tert-alkyl or cyclic N) is 1. The van der Waals surface area contributed by atoms with E-state index < -0.39 is 54.0 Å². The zero-order valence-corrected chi connectivity index (χ0v) is 48.8. The van der Waals surface area contributed by atoms with Crippen molar-refractivity contribution >= 4 is 63.7 Å². The molecular formula is C61H78ClN9O9S. The van der Waals surface area contributed by atoms with Crippen molar-refractivity contribution in [3.63, 3.8) is 0 Å². The second-order valence-corrected chi connectivity index (χ2v) is 25.9. The van der Waals surface area contributed by atoms with Gasteiger partial charge in [-0.1, -0.05) is 76.4 Å². The number of piperazine rings is 2. The van der Waals surface area contributed by atoms with E-state index in [0.29, 0.717) is 92.7 Å². The summed E-state index contributed by atoms with van der Waals surface area (Å²) < 4.78 is 12.2. The van der Waals surface area contributed by atoms with Crippen LogP contribution in [-0.2, 0) is 25.8 Å². The highest BCUT2D eigenvalue weighted by Crippen LogP contribution is 2.47. The number of fused-ring (bicyclic) bond motifs is 6. The summed E-state index contributed by atoms with van der Waals surface area (Å²) in [5.74, 6) is -1.39. The summed E-state index contributed by atoms with van der Waals surface area (Å²) in [6, 6.07) is 18.2. The number of benzene rings is 3. The van der Waals surface area contributed by atoms with Crippen LogP contribution >= 0.6 is 22.9 Å². The van der Waals surface area contributed by atoms with Crippen LogP contribution in [0.5, 0.6) is 11.5 Å². The van der Waals surface area contributed by atoms with Gasteiger partial charge in [-0.3, -0.25) is 28.9 Å². The number of rotatable bonds is 17. The molecule has 1 aliphatic carbocycles. The first-order valence-corrected chi connectivity index (χ1v) is 30.0. The molecule has 6 heterocycles. The van der Waals surface area contributed by atoms with E-state index in [4.69, 9.17) is 26.8 Å². The zero-order chi connectivity index (χ0) is 57.3. The van der Waals surface area contributed by atoms with Crippen LogP contribution in [0.4, 0.5) is 5.69 Å². The van der Waals surface area contributed by atoms with Gasteiger partial charge in [-0.2, -0.15) is 0 Å². The number of aromatic nitrogens is 1. The van der Waals surface area contributed by atoms with Crippen molar-refractivity contribution in [3.05, 3.63) is 99.2 Å². The molecule has 10 rings (SSSR count). The number of nitrogens with two attached hydrogens (primary N) is 1. The number of ether oxygens (including phenoxy) is 2. The van der Waals surface area contributed by atoms with Crippen LogP contribution in [0.25, 0.3) is 16.0 Å². The molecule has 3 saturated heterocycles. The van der Waals surface area contributed by atoms with Crippen LogP contribution in [0, 0.1) is 10.8 Å². The molecule has 7 N–H and O–H groups in total. The molecule has 0 spiro atoms. The smallest absolute Gasteiger partial charge is 0.248 e. The highest BCUT2D eigenvalue weighted by atomic mass is 35.5. The molecular weight excluding hydrogens is 1070 g/mol. The van der Waals surface area contributed by atoms with Crippen molar-refractivity contribution in [1.82, 2.24) is 35.6 Å². The number of hydrogen-bond acceptors (Lipinski definition) is 14. The molecule has 7 atom stereocenters. The lowest BCUT2D eigenvalue weighted by Gasteiger charge is -2.55. The molecule has 434 valence electrons. The SMILES string of the molecule is CC1(C)CCC(c2ccc(Cl)cc2)=C(CC2NCC3COc4cc(C(N)=O)ccc4N3C2N2CCN(C(=O)CCCCCC(=O)N[C@H](C(=O)N3C[C@H](O)C[C@H]3NC(=O)C(CO)c3ccc4c(c3)OCc3ncsc3-4)C(C)(C)C)CC2)C1. The lowest BCUT2D eigenvalue weighted by Crippen LogP contribution is -2.72. The Morgan fingerprint density at radius 2 is 1.73 bits per heavy atom. The van der Waals surface area contributed by atoms with Gasteiger partial charge in [0.2, 0.25) is 29.5 Å². The summed E-state index contributed by atoms with van der Waals surface area (Å²) in [7, 11) is 0. The van der Waals surface area contributed by atoms with E-state index in [1.165, 1.54) is 32.9 Å². The minimum Gasteiger partial charge on any atom is -0.489 e. The number of allylic oxidation sites excluding steroid dienone is 1. The predicted molar refractivity (Wildman–Crippen MR) is 312 cm³/mol. The van der Waals surface area contributed by atoms with E-state index in [1.807, 2.05) is 49.9 Å². The average molecular weight is 1150 g/mol. The third-order valence-electron chi connectivity index (χ3n) is 17.2. The van der Waals surface area contributed by atoms with Gasteiger partial charge < -0.3 is 56.1 Å². The molecule has 0 bridgehead atoms. The van der Waals surface area contributed by atoms with E-state index in [-0.39, 0.29) is 54.9 Å². The molecule has 4 aromatic rings. The number of nitrogens with one attached hydrogen (secondary N) is 3. The molecule has 3 fully saturated rings. The first-order valence-electron chi connectivity index (χ1n) is 28.7. The van der Waals surface area contributed by atoms with E-state index in [9.17, 15) is 34.2 Å². The number of anilines is 1. The van der Waals surface area contributed by atoms with Crippen molar-refractivity contribution in [2.75, 3.05) is 57.4 Å². The Kier molecular flexibility index (Phi) is 17.5. The maximum atomic E-state index is 14.4.